The van der Waals surface area contributed by atoms with E-state index in [0.29, 0.717) is 5.92 Å². The standard InChI is InChI=1S/C18H22/c1-12(2)17-13(3)11-14(4)18(15(17)5)16-9-7-6-8-10-16/h6-12H,1-5H3. The van der Waals surface area contributed by atoms with E-state index in [-0.39, 0.29) is 0 Å². The first-order chi connectivity index (χ1) is 8.52. The minimum absolute atomic E-state index is 0.577. The Labute approximate surface area is 111 Å². The summed E-state index contributed by atoms with van der Waals surface area (Å²) < 4.78 is 0. The molecule has 0 unspecified atom stereocenters. The number of hydrogen-bond donors (Lipinski definition) is 0. The summed E-state index contributed by atoms with van der Waals surface area (Å²) in [5.74, 6) is 0.577. The van der Waals surface area contributed by atoms with Crippen molar-refractivity contribution < 1.29 is 0 Å². The van der Waals surface area contributed by atoms with Crippen LogP contribution in [0.3, 0.4) is 0 Å². The molecule has 0 saturated heterocycles. The lowest BCUT2D eigenvalue weighted by atomic mass is 9.85. The molecule has 0 atom stereocenters. The van der Waals surface area contributed by atoms with Gasteiger partial charge >= 0.3 is 0 Å². The van der Waals surface area contributed by atoms with Gasteiger partial charge in [0.2, 0.25) is 0 Å². The molecule has 0 aromatic heterocycles. The van der Waals surface area contributed by atoms with E-state index in [0.717, 1.165) is 0 Å². The quantitative estimate of drug-likeness (QED) is 0.657. The summed E-state index contributed by atoms with van der Waals surface area (Å²) in [7, 11) is 0. The van der Waals surface area contributed by atoms with Crippen LogP contribution in [-0.2, 0) is 0 Å². The molecule has 94 valence electrons. The second-order valence-electron chi connectivity index (χ2n) is 5.44. The molecular weight excluding hydrogens is 216 g/mol. The molecule has 18 heavy (non-hydrogen) atoms. The minimum atomic E-state index is 0.577. The van der Waals surface area contributed by atoms with Crippen LogP contribution >= 0.6 is 0 Å². The lowest BCUT2D eigenvalue weighted by molar-refractivity contribution is 0.846. The fraction of sp³-hybridized carbons (Fsp3) is 0.333. The molecular formula is C18H22. The fourth-order valence-electron chi connectivity index (χ4n) is 3.14. The van der Waals surface area contributed by atoms with Crippen LogP contribution in [0, 0.1) is 20.8 Å². The molecule has 0 heterocycles. The minimum Gasteiger partial charge on any atom is -0.0622 e. The zero-order valence-electron chi connectivity index (χ0n) is 12.0. The van der Waals surface area contributed by atoms with Crippen molar-refractivity contribution in [2.75, 3.05) is 0 Å². The van der Waals surface area contributed by atoms with Crippen LogP contribution in [0.25, 0.3) is 11.1 Å². The van der Waals surface area contributed by atoms with Crippen molar-refractivity contribution in [2.24, 2.45) is 0 Å². The van der Waals surface area contributed by atoms with Crippen molar-refractivity contribution in [3.63, 3.8) is 0 Å². The van der Waals surface area contributed by atoms with Gasteiger partial charge in [-0.05, 0) is 60.1 Å². The van der Waals surface area contributed by atoms with Crippen molar-refractivity contribution in [1.29, 1.82) is 0 Å². The highest BCUT2D eigenvalue weighted by Gasteiger charge is 2.14. The number of benzene rings is 2. The molecule has 2 aromatic rings. The van der Waals surface area contributed by atoms with Crippen molar-refractivity contribution >= 4 is 0 Å². The molecule has 2 aromatic carbocycles. The Morgan fingerprint density at radius 1 is 0.833 bits per heavy atom. The molecule has 0 N–H and O–H groups in total. The molecule has 0 saturated carbocycles. The average molecular weight is 238 g/mol. The normalized spacial score (nSPS) is 11.0. The fourth-order valence-corrected chi connectivity index (χ4v) is 3.14. The largest absolute Gasteiger partial charge is 0.0622 e. The van der Waals surface area contributed by atoms with E-state index in [4.69, 9.17) is 0 Å². The molecule has 0 nitrogen and oxygen atoms in total. The number of aryl methyl sites for hydroxylation is 2. The third-order valence-electron chi connectivity index (χ3n) is 3.67. The van der Waals surface area contributed by atoms with Crippen LogP contribution in [0.1, 0.15) is 42.0 Å². The van der Waals surface area contributed by atoms with E-state index in [1.807, 2.05) is 0 Å². The first kappa shape index (κ1) is 12.9. The van der Waals surface area contributed by atoms with Gasteiger partial charge in [-0.2, -0.15) is 0 Å². The van der Waals surface area contributed by atoms with Gasteiger partial charge in [-0.3, -0.25) is 0 Å². The highest BCUT2D eigenvalue weighted by molar-refractivity contribution is 5.73. The lowest BCUT2D eigenvalue weighted by Gasteiger charge is -2.20. The maximum Gasteiger partial charge on any atom is -0.0122 e. The molecule has 0 bridgehead atoms. The van der Waals surface area contributed by atoms with Crippen molar-refractivity contribution in [2.45, 2.75) is 40.5 Å². The Bertz CT molecular complexity index is 548. The van der Waals surface area contributed by atoms with Crippen LogP contribution in [-0.4, -0.2) is 0 Å². The predicted octanol–water partition coefficient (Wildman–Crippen LogP) is 5.40. The molecule has 0 aliphatic heterocycles. The van der Waals surface area contributed by atoms with Crippen LogP contribution in [0.2, 0.25) is 0 Å². The van der Waals surface area contributed by atoms with Gasteiger partial charge in [0.05, 0.1) is 0 Å². The second-order valence-corrected chi connectivity index (χ2v) is 5.44. The molecule has 0 spiro atoms. The van der Waals surface area contributed by atoms with Gasteiger partial charge in [-0.25, -0.2) is 0 Å². The summed E-state index contributed by atoms with van der Waals surface area (Å²) in [5.41, 5.74) is 8.47. The smallest absolute Gasteiger partial charge is 0.0122 e. The molecule has 0 fully saturated rings. The summed E-state index contributed by atoms with van der Waals surface area (Å²) in [5, 5.41) is 0. The molecule has 0 radical (unpaired) electrons. The Kier molecular flexibility index (Phi) is 3.56. The Balaban J connectivity index is 2.72. The topological polar surface area (TPSA) is 0 Å². The third-order valence-corrected chi connectivity index (χ3v) is 3.67. The SMILES string of the molecule is Cc1cc(C)c(C(C)C)c(C)c1-c1ccccc1. The van der Waals surface area contributed by atoms with Crippen LogP contribution in [0.5, 0.6) is 0 Å². The van der Waals surface area contributed by atoms with Gasteiger partial charge in [0.15, 0.2) is 0 Å². The van der Waals surface area contributed by atoms with Gasteiger partial charge in [-0.15, -0.1) is 0 Å². The van der Waals surface area contributed by atoms with Gasteiger partial charge in [0, 0.05) is 0 Å². The molecule has 0 heteroatoms. The first-order valence-corrected chi connectivity index (χ1v) is 6.68. The Morgan fingerprint density at radius 2 is 1.44 bits per heavy atom. The first-order valence-electron chi connectivity index (χ1n) is 6.68. The molecule has 0 aliphatic rings. The Morgan fingerprint density at radius 3 is 2.00 bits per heavy atom. The second kappa shape index (κ2) is 4.97. The van der Waals surface area contributed by atoms with Crippen LogP contribution in [0.15, 0.2) is 36.4 Å². The van der Waals surface area contributed by atoms with E-state index in [9.17, 15) is 0 Å². The summed E-state index contributed by atoms with van der Waals surface area (Å²) >= 11 is 0. The summed E-state index contributed by atoms with van der Waals surface area (Å²) in [6.07, 6.45) is 0. The van der Waals surface area contributed by atoms with Gasteiger partial charge in [0.1, 0.15) is 0 Å². The zero-order valence-corrected chi connectivity index (χ0v) is 12.0. The summed E-state index contributed by atoms with van der Waals surface area (Å²) in [6, 6.07) is 13.0. The molecule has 2 rings (SSSR count). The van der Waals surface area contributed by atoms with Gasteiger partial charge in [0.25, 0.3) is 0 Å². The van der Waals surface area contributed by atoms with Crippen LogP contribution in [0.4, 0.5) is 0 Å². The van der Waals surface area contributed by atoms with E-state index >= 15 is 0 Å². The number of hydrogen-bond acceptors (Lipinski definition) is 0. The summed E-state index contributed by atoms with van der Waals surface area (Å²) in [6.45, 7) is 11.3. The summed E-state index contributed by atoms with van der Waals surface area (Å²) in [4.78, 5) is 0. The van der Waals surface area contributed by atoms with Crippen molar-refractivity contribution in [3.8, 4) is 11.1 Å². The monoisotopic (exact) mass is 238 g/mol. The van der Waals surface area contributed by atoms with E-state index < -0.39 is 0 Å². The highest BCUT2D eigenvalue weighted by Crippen LogP contribution is 2.34. The average Bonchev–Trinajstić information content (AvgIpc) is 2.28. The molecule has 0 aliphatic carbocycles. The van der Waals surface area contributed by atoms with Crippen molar-refractivity contribution in [3.05, 3.63) is 58.7 Å². The predicted molar refractivity (Wildman–Crippen MR) is 80.2 cm³/mol. The number of rotatable bonds is 2. The van der Waals surface area contributed by atoms with E-state index in [2.05, 4.69) is 71.0 Å². The van der Waals surface area contributed by atoms with Gasteiger partial charge < -0.3 is 0 Å². The van der Waals surface area contributed by atoms with Crippen LogP contribution < -0.4 is 0 Å². The zero-order chi connectivity index (χ0) is 13.3. The van der Waals surface area contributed by atoms with E-state index in [1.165, 1.54) is 33.4 Å². The molecule has 0 amide bonds. The highest BCUT2D eigenvalue weighted by atomic mass is 14.2. The van der Waals surface area contributed by atoms with Gasteiger partial charge in [-0.1, -0.05) is 50.2 Å². The van der Waals surface area contributed by atoms with E-state index in [1.54, 1.807) is 0 Å². The maximum atomic E-state index is 2.32. The Hall–Kier alpha value is -1.56. The maximum absolute atomic E-state index is 2.32. The third kappa shape index (κ3) is 2.20. The van der Waals surface area contributed by atoms with Crippen molar-refractivity contribution in [1.82, 2.24) is 0 Å². The lowest BCUT2D eigenvalue weighted by Crippen LogP contribution is -2.00.